The van der Waals surface area contributed by atoms with Crippen LogP contribution in [0.1, 0.15) is 12.0 Å². The van der Waals surface area contributed by atoms with E-state index in [0.717, 1.165) is 0 Å². The molecule has 0 aliphatic heterocycles. The molecule has 0 spiro atoms. The van der Waals surface area contributed by atoms with E-state index >= 15 is 0 Å². The third-order valence-corrected chi connectivity index (χ3v) is 1.34. The second-order valence-corrected chi connectivity index (χ2v) is 2.19. The molecule has 1 rings (SSSR count). The summed E-state index contributed by atoms with van der Waals surface area (Å²) in [7, 11) is 0. The second kappa shape index (κ2) is 3.00. The van der Waals surface area contributed by atoms with Crippen molar-refractivity contribution in [3.63, 3.8) is 0 Å². The van der Waals surface area contributed by atoms with E-state index in [1.807, 2.05) is 0 Å². The molecule has 0 radical (unpaired) electrons. The molecule has 0 atom stereocenters. The maximum absolute atomic E-state index is 12.6. The summed E-state index contributed by atoms with van der Waals surface area (Å²) >= 11 is 0. The highest BCUT2D eigenvalue weighted by atomic mass is 19.3. The lowest BCUT2D eigenvalue weighted by Crippen LogP contribution is -1.99. The number of nitrogen functional groups attached to an aromatic ring is 1. The normalized spacial score (nSPS) is 10.8. The first-order chi connectivity index (χ1) is 5.52. The molecule has 0 saturated heterocycles. The van der Waals surface area contributed by atoms with Gasteiger partial charge in [0, 0.05) is 11.8 Å². The fourth-order valence-electron chi connectivity index (χ4n) is 0.835. The van der Waals surface area contributed by atoms with Crippen molar-refractivity contribution in [1.29, 1.82) is 0 Å². The summed E-state index contributed by atoms with van der Waals surface area (Å²) in [6, 6.07) is 1.03. The summed E-state index contributed by atoms with van der Waals surface area (Å²) in [6.45, 7) is 0. The summed E-state index contributed by atoms with van der Waals surface area (Å²) in [5.74, 6) is -2.28. The number of alkyl halides is 2. The van der Waals surface area contributed by atoms with Gasteiger partial charge in [-0.3, -0.25) is 0 Å². The summed E-state index contributed by atoms with van der Waals surface area (Å²) in [5, 5.41) is 0. The molecular weight excluding hydrogens is 174 g/mol. The van der Waals surface area contributed by atoms with E-state index < -0.39 is 29.3 Å². The molecule has 2 N–H and O–H groups in total. The van der Waals surface area contributed by atoms with Crippen molar-refractivity contribution in [3.05, 3.63) is 29.3 Å². The minimum atomic E-state index is -3.02. The van der Waals surface area contributed by atoms with Gasteiger partial charge in [0.25, 0.3) is 6.43 Å². The lowest BCUT2D eigenvalue weighted by Gasteiger charge is -2.05. The lowest BCUT2D eigenvalue weighted by atomic mass is 10.2. The number of nitrogens with two attached hydrogens (primary N) is 1. The summed E-state index contributed by atoms with van der Waals surface area (Å²) < 4.78 is 48.8. The molecule has 0 unspecified atom stereocenters. The number of rotatable bonds is 1. The highest BCUT2D eigenvalue weighted by Crippen LogP contribution is 2.28. The number of benzene rings is 1. The number of hydrogen-bond acceptors (Lipinski definition) is 1. The second-order valence-electron chi connectivity index (χ2n) is 2.19. The molecule has 0 aliphatic carbocycles. The van der Waals surface area contributed by atoms with Crippen LogP contribution in [0.15, 0.2) is 12.1 Å². The zero-order chi connectivity index (χ0) is 9.30. The van der Waals surface area contributed by atoms with Gasteiger partial charge in [-0.05, 0) is 6.07 Å². The zero-order valence-corrected chi connectivity index (χ0v) is 5.82. The Labute approximate surface area is 65.8 Å². The molecule has 1 aromatic carbocycles. The first-order valence-electron chi connectivity index (χ1n) is 3.05. The lowest BCUT2D eigenvalue weighted by molar-refractivity contribution is 0.147. The molecule has 0 bridgehead atoms. The summed E-state index contributed by atoms with van der Waals surface area (Å²) in [5.41, 5.74) is 3.45. The molecule has 1 nitrogen and oxygen atoms in total. The molecule has 0 aliphatic rings. The van der Waals surface area contributed by atoms with Gasteiger partial charge in [-0.1, -0.05) is 0 Å². The minimum absolute atomic E-state index is 0.373. The Morgan fingerprint density at radius 2 is 1.75 bits per heavy atom. The van der Waals surface area contributed by atoms with Gasteiger partial charge < -0.3 is 5.73 Å². The molecule has 5 heteroatoms. The molecule has 1 aromatic rings. The average Bonchev–Trinajstić information content (AvgIpc) is 1.82. The number of anilines is 1. The maximum Gasteiger partial charge on any atom is 0.268 e. The van der Waals surface area contributed by atoms with Gasteiger partial charge in [0.15, 0.2) is 0 Å². The van der Waals surface area contributed by atoms with Crippen LogP contribution < -0.4 is 5.73 Å². The third-order valence-electron chi connectivity index (χ3n) is 1.34. The van der Waals surface area contributed by atoms with Crippen LogP contribution in [0.2, 0.25) is 0 Å². The van der Waals surface area contributed by atoms with Crippen molar-refractivity contribution in [2.24, 2.45) is 0 Å². The Balaban J connectivity index is 3.28. The summed E-state index contributed by atoms with van der Waals surface area (Å²) in [6.07, 6.45) is -3.02. The van der Waals surface area contributed by atoms with Crippen molar-refractivity contribution in [1.82, 2.24) is 0 Å². The SMILES string of the molecule is Nc1cc(F)cc(F)c1C(F)F. The van der Waals surface area contributed by atoms with Gasteiger partial charge >= 0.3 is 0 Å². The first kappa shape index (κ1) is 8.83. The van der Waals surface area contributed by atoms with E-state index in [9.17, 15) is 17.6 Å². The Kier molecular flexibility index (Phi) is 2.21. The Hall–Kier alpha value is -1.26. The van der Waals surface area contributed by atoms with Crippen molar-refractivity contribution in [2.75, 3.05) is 5.73 Å². The quantitative estimate of drug-likeness (QED) is 0.520. The highest BCUT2D eigenvalue weighted by Gasteiger charge is 2.17. The van der Waals surface area contributed by atoms with Crippen molar-refractivity contribution < 1.29 is 17.6 Å². The van der Waals surface area contributed by atoms with Crippen LogP contribution in [-0.4, -0.2) is 0 Å². The van der Waals surface area contributed by atoms with Gasteiger partial charge in [0.1, 0.15) is 11.6 Å². The zero-order valence-electron chi connectivity index (χ0n) is 5.82. The van der Waals surface area contributed by atoms with Gasteiger partial charge in [0.2, 0.25) is 0 Å². The molecule has 0 heterocycles. The maximum atomic E-state index is 12.6. The molecular formula is C7H5F4N. The number of halogens is 4. The Bertz CT molecular complexity index is 274. The Morgan fingerprint density at radius 3 is 2.17 bits per heavy atom. The monoisotopic (exact) mass is 179 g/mol. The average molecular weight is 179 g/mol. The van der Waals surface area contributed by atoms with Crippen molar-refractivity contribution in [3.8, 4) is 0 Å². The topological polar surface area (TPSA) is 26.0 Å². The van der Waals surface area contributed by atoms with Crippen LogP contribution in [-0.2, 0) is 0 Å². The van der Waals surface area contributed by atoms with Crippen molar-refractivity contribution in [2.45, 2.75) is 6.43 Å². The summed E-state index contributed by atoms with van der Waals surface area (Å²) in [4.78, 5) is 0. The van der Waals surface area contributed by atoms with Crippen LogP contribution in [0.3, 0.4) is 0 Å². The van der Waals surface area contributed by atoms with E-state index in [0.29, 0.717) is 12.1 Å². The van der Waals surface area contributed by atoms with E-state index in [4.69, 9.17) is 5.73 Å². The van der Waals surface area contributed by atoms with Crippen LogP contribution >= 0.6 is 0 Å². The molecule has 12 heavy (non-hydrogen) atoms. The van der Waals surface area contributed by atoms with E-state index in [2.05, 4.69) is 0 Å². The molecule has 0 amide bonds. The largest absolute Gasteiger partial charge is 0.398 e. The predicted molar refractivity (Wildman–Crippen MR) is 35.7 cm³/mol. The first-order valence-corrected chi connectivity index (χ1v) is 3.05. The molecule has 0 aromatic heterocycles. The number of hydrogen-bond donors (Lipinski definition) is 1. The van der Waals surface area contributed by atoms with Crippen LogP contribution in [0.25, 0.3) is 0 Å². The fraction of sp³-hybridized carbons (Fsp3) is 0.143. The third kappa shape index (κ3) is 1.49. The smallest absolute Gasteiger partial charge is 0.268 e. The van der Waals surface area contributed by atoms with Gasteiger partial charge in [-0.2, -0.15) is 0 Å². The van der Waals surface area contributed by atoms with E-state index in [1.54, 1.807) is 0 Å². The standard InChI is InChI=1S/C7H5F4N/c8-3-1-4(9)6(7(10)11)5(12)2-3/h1-2,7H,12H2. The van der Waals surface area contributed by atoms with Crippen molar-refractivity contribution >= 4 is 5.69 Å². The van der Waals surface area contributed by atoms with Gasteiger partial charge in [-0.15, -0.1) is 0 Å². The molecule has 0 fully saturated rings. The van der Waals surface area contributed by atoms with Crippen LogP contribution in [0, 0.1) is 11.6 Å². The van der Waals surface area contributed by atoms with Gasteiger partial charge in [-0.25, -0.2) is 17.6 Å². The van der Waals surface area contributed by atoms with Gasteiger partial charge in [0.05, 0.1) is 5.56 Å². The van der Waals surface area contributed by atoms with Crippen LogP contribution in [0.5, 0.6) is 0 Å². The molecule has 0 saturated carbocycles. The Morgan fingerprint density at radius 1 is 1.17 bits per heavy atom. The highest BCUT2D eigenvalue weighted by molar-refractivity contribution is 5.48. The van der Waals surface area contributed by atoms with E-state index in [1.165, 1.54) is 0 Å². The fourth-order valence-corrected chi connectivity index (χ4v) is 0.835. The predicted octanol–water partition coefficient (Wildman–Crippen LogP) is 2.48. The minimum Gasteiger partial charge on any atom is -0.398 e. The molecule has 66 valence electrons. The van der Waals surface area contributed by atoms with Crippen LogP contribution in [0.4, 0.5) is 23.2 Å². The van der Waals surface area contributed by atoms with E-state index in [-0.39, 0.29) is 0 Å².